The smallest absolute Gasteiger partial charge is 0.416 e. The van der Waals surface area contributed by atoms with Crippen LogP contribution >= 0.6 is 0 Å². The van der Waals surface area contributed by atoms with Crippen molar-refractivity contribution in [3.8, 4) is 17.0 Å². The third kappa shape index (κ3) is 3.81. The van der Waals surface area contributed by atoms with Crippen molar-refractivity contribution >= 4 is 12.0 Å². The van der Waals surface area contributed by atoms with Gasteiger partial charge in [0.2, 0.25) is 0 Å². The first-order valence-corrected chi connectivity index (χ1v) is 9.52. The molecule has 1 aromatic carbocycles. The van der Waals surface area contributed by atoms with Crippen LogP contribution in [0.4, 0.5) is 19.0 Å². The Balaban J connectivity index is 1.55. The number of aromatic hydroxyl groups is 1. The normalized spacial score (nSPS) is 21.0. The van der Waals surface area contributed by atoms with E-state index < -0.39 is 17.5 Å². The molecule has 2 aliphatic rings. The quantitative estimate of drug-likeness (QED) is 0.737. The van der Waals surface area contributed by atoms with E-state index in [4.69, 9.17) is 10.5 Å². The third-order valence-electron chi connectivity index (χ3n) is 5.73. The summed E-state index contributed by atoms with van der Waals surface area (Å²) in [4.78, 5) is 8.84. The van der Waals surface area contributed by atoms with E-state index >= 15 is 0 Å². The average Bonchev–Trinajstić information content (AvgIpc) is 3.05. The SMILES string of the molecule is Cc1cc(C(F)(F)F)cc(O)c1-c1ccc(C=N[C@@H]2COC3(CCC3)C2)c(N)n1. The summed E-state index contributed by atoms with van der Waals surface area (Å²) in [7, 11) is 0. The summed E-state index contributed by atoms with van der Waals surface area (Å²) in [5.74, 6) is -0.290. The fourth-order valence-corrected chi connectivity index (χ4v) is 4.02. The number of halogens is 3. The highest BCUT2D eigenvalue weighted by atomic mass is 19.4. The third-order valence-corrected chi connectivity index (χ3v) is 5.73. The van der Waals surface area contributed by atoms with Gasteiger partial charge in [-0.2, -0.15) is 13.2 Å². The number of benzene rings is 1. The molecule has 29 heavy (non-hydrogen) atoms. The van der Waals surface area contributed by atoms with Gasteiger partial charge >= 0.3 is 6.18 Å². The van der Waals surface area contributed by atoms with Gasteiger partial charge in [0.15, 0.2) is 0 Å². The second-order valence-electron chi connectivity index (χ2n) is 7.84. The highest BCUT2D eigenvalue weighted by molar-refractivity contribution is 5.87. The number of nitrogen functional groups attached to an aromatic ring is 1. The fourth-order valence-electron chi connectivity index (χ4n) is 4.02. The molecule has 1 aliphatic heterocycles. The van der Waals surface area contributed by atoms with Crippen LogP contribution in [-0.2, 0) is 10.9 Å². The summed E-state index contributed by atoms with van der Waals surface area (Å²) >= 11 is 0. The molecule has 8 heteroatoms. The van der Waals surface area contributed by atoms with Gasteiger partial charge in [0.05, 0.1) is 29.5 Å². The van der Waals surface area contributed by atoms with E-state index in [0.717, 1.165) is 25.3 Å². The van der Waals surface area contributed by atoms with Gasteiger partial charge in [-0.15, -0.1) is 0 Å². The van der Waals surface area contributed by atoms with Crippen molar-refractivity contribution in [2.75, 3.05) is 12.3 Å². The number of rotatable bonds is 3. The number of hydrogen-bond acceptors (Lipinski definition) is 5. The molecule has 1 aromatic heterocycles. The molecule has 1 saturated heterocycles. The minimum Gasteiger partial charge on any atom is -0.507 e. The molecule has 1 spiro atoms. The number of alkyl halides is 3. The van der Waals surface area contributed by atoms with E-state index in [1.165, 1.54) is 13.3 Å². The molecule has 0 bridgehead atoms. The predicted molar refractivity (Wildman–Crippen MR) is 104 cm³/mol. The minimum atomic E-state index is -4.53. The first kappa shape index (κ1) is 19.7. The second-order valence-corrected chi connectivity index (χ2v) is 7.84. The van der Waals surface area contributed by atoms with Crippen molar-refractivity contribution in [1.29, 1.82) is 0 Å². The maximum absolute atomic E-state index is 12.9. The summed E-state index contributed by atoms with van der Waals surface area (Å²) in [5.41, 5.74) is 6.57. The van der Waals surface area contributed by atoms with E-state index in [1.54, 1.807) is 18.3 Å². The Morgan fingerprint density at radius 3 is 2.62 bits per heavy atom. The van der Waals surface area contributed by atoms with Crippen LogP contribution in [0, 0.1) is 6.92 Å². The van der Waals surface area contributed by atoms with E-state index in [0.29, 0.717) is 23.9 Å². The number of phenolic OH excluding ortho intramolecular Hbond substituents is 1. The summed E-state index contributed by atoms with van der Waals surface area (Å²) < 4.78 is 44.6. The Hall–Kier alpha value is -2.61. The van der Waals surface area contributed by atoms with Crippen LogP contribution in [0.1, 0.15) is 42.4 Å². The number of aryl methyl sites for hydroxylation is 1. The monoisotopic (exact) mass is 405 g/mol. The Kier molecular flexibility index (Phi) is 4.77. The zero-order valence-electron chi connectivity index (χ0n) is 16.0. The van der Waals surface area contributed by atoms with Crippen molar-refractivity contribution in [2.24, 2.45) is 4.99 Å². The van der Waals surface area contributed by atoms with E-state index in [9.17, 15) is 18.3 Å². The summed E-state index contributed by atoms with van der Waals surface area (Å²) in [6.45, 7) is 2.09. The maximum atomic E-state index is 12.9. The van der Waals surface area contributed by atoms with Gasteiger partial charge in [0, 0.05) is 23.8 Å². The van der Waals surface area contributed by atoms with Gasteiger partial charge in [-0.05, 0) is 56.0 Å². The fraction of sp³-hybridized carbons (Fsp3) is 0.429. The van der Waals surface area contributed by atoms with Crippen LogP contribution in [0.5, 0.6) is 5.75 Å². The van der Waals surface area contributed by atoms with Gasteiger partial charge in [0.1, 0.15) is 11.6 Å². The Morgan fingerprint density at radius 2 is 2.07 bits per heavy atom. The maximum Gasteiger partial charge on any atom is 0.416 e. The number of phenols is 1. The Bertz CT molecular complexity index is 945. The lowest BCUT2D eigenvalue weighted by Gasteiger charge is -2.36. The number of hydrogen-bond donors (Lipinski definition) is 2. The summed E-state index contributed by atoms with van der Waals surface area (Å²) in [6, 6.07) is 5.10. The molecule has 0 unspecified atom stereocenters. The summed E-state index contributed by atoms with van der Waals surface area (Å²) in [5, 5.41) is 10.2. The van der Waals surface area contributed by atoms with E-state index in [1.807, 2.05) is 0 Å². The zero-order valence-corrected chi connectivity index (χ0v) is 16.0. The minimum absolute atomic E-state index is 0.0211. The van der Waals surface area contributed by atoms with Crippen LogP contribution in [0.2, 0.25) is 0 Å². The van der Waals surface area contributed by atoms with Gasteiger partial charge in [-0.3, -0.25) is 4.99 Å². The Labute approximate surface area is 166 Å². The first-order chi connectivity index (χ1) is 13.7. The highest BCUT2D eigenvalue weighted by Gasteiger charge is 2.44. The average molecular weight is 405 g/mol. The van der Waals surface area contributed by atoms with Crippen LogP contribution in [0.15, 0.2) is 29.3 Å². The number of anilines is 1. The van der Waals surface area contributed by atoms with E-state index in [2.05, 4.69) is 9.98 Å². The molecule has 4 rings (SSSR count). The number of nitrogens with two attached hydrogens (primary N) is 1. The van der Waals surface area contributed by atoms with Crippen molar-refractivity contribution in [2.45, 2.75) is 50.4 Å². The molecule has 1 aliphatic carbocycles. The van der Waals surface area contributed by atoms with E-state index in [-0.39, 0.29) is 28.6 Å². The summed E-state index contributed by atoms with van der Waals surface area (Å²) in [6.07, 6.45) is 1.42. The molecular formula is C21H22F3N3O2. The number of pyridine rings is 1. The van der Waals surface area contributed by atoms with Crippen LogP contribution in [0.25, 0.3) is 11.3 Å². The lowest BCUT2D eigenvalue weighted by atomic mass is 9.77. The lowest BCUT2D eigenvalue weighted by molar-refractivity contribution is -0.137. The molecule has 1 atom stereocenters. The molecule has 2 fully saturated rings. The molecule has 0 radical (unpaired) electrons. The first-order valence-electron chi connectivity index (χ1n) is 9.52. The van der Waals surface area contributed by atoms with Crippen molar-refractivity contribution in [1.82, 2.24) is 4.98 Å². The van der Waals surface area contributed by atoms with Gasteiger partial charge < -0.3 is 15.6 Å². The van der Waals surface area contributed by atoms with Crippen LogP contribution in [0.3, 0.4) is 0 Å². The van der Waals surface area contributed by atoms with Gasteiger partial charge in [0.25, 0.3) is 0 Å². The molecule has 1 saturated carbocycles. The predicted octanol–water partition coefficient (Wildman–Crippen LogP) is 4.49. The molecule has 0 amide bonds. The second kappa shape index (κ2) is 7.02. The molecule has 2 aromatic rings. The van der Waals surface area contributed by atoms with Gasteiger partial charge in [-0.1, -0.05) is 0 Å². The Morgan fingerprint density at radius 1 is 1.31 bits per heavy atom. The molecule has 3 N–H and O–H groups in total. The number of ether oxygens (including phenoxy) is 1. The zero-order chi connectivity index (χ0) is 20.8. The van der Waals surface area contributed by atoms with Crippen LogP contribution < -0.4 is 5.73 Å². The van der Waals surface area contributed by atoms with Crippen molar-refractivity contribution in [3.63, 3.8) is 0 Å². The number of aliphatic imine (C=N–C) groups is 1. The highest BCUT2D eigenvalue weighted by Crippen LogP contribution is 2.44. The number of nitrogens with zero attached hydrogens (tertiary/aromatic N) is 2. The van der Waals surface area contributed by atoms with Gasteiger partial charge in [-0.25, -0.2) is 4.98 Å². The van der Waals surface area contributed by atoms with Crippen molar-refractivity contribution < 1.29 is 23.0 Å². The van der Waals surface area contributed by atoms with Crippen LogP contribution in [-0.4, -0.2) is 34.6 Å². The topological polar surface area (TPSA) is 80.7 Å². The van der Waals surface area contributed by atoms with Crippen molar-refractivity contribution in [3.05, 3.63) is 41.0 Å². The largest absolute Gasteiger partial charge is 0.507 e. The molecular weight excluding hydrogens is 383 g/mol. The standard InChI is InChI=1S/C21H22F3N3O2/c1-12-7-14(21(22,23)24)8-17(28)18(12)16-4-3-13(19(25)27-16)10-26-15-9-20(29-11-15)5-2-6-20/h3-4,7-8,10,15,28H,2,5-6,9,11H2,1H3,(H2,25,27)/t15-/m0/s1. The number of aromatic nitrogens is 1. The molecule has 154 valence electrons. The lowest BCUT2D eigenvalue weighted by Crippen LogP contribution is -2.36. The molecule has 2 heterocycles. The molecule has 5 nitrogen and oxygen atoms in total.